The van der Waals surface area contributed by atoms with Crippen LogP contribution >= 0.6 is 11.3 Å². The minimum absolute atomic E-state index is 0.775. The molecular weight excluding hydrogens is 214 g/mol. The van der Waals surface area contributed by atoms with Crippen LogP contribution in [0.5, 0.6) is 0 Å². The molecule has 84 valence electrons. The Hall–Kier alpha value is -0.860. The standard InChI is InChI=1S/C14H17NS/c1-10-14(11-6-8-15-9-7-11)12-4-2-3-5-13(12)16-10/h2-5,11,15H,6-9H2,1H3. The Kier molecular flexibility index (Phi) is 2.70. The Bertz CT molecular complexity index is 494. The molecule has 0 spiro atoms. The largest absolute Gasteiger partial charge is 0.317 e. The van der Waals surface area contributed by atoms with Crippen molar-refractivity contribution in [1.82, 2.24) is 5.32 Å². The van der Waals surface area contributed by atoms with Gasteiger partial charge in [0.15, 0.2) is 0 Å². The third kappa shape index (κ3) is 1.66. The lowest BCUT2D eigenvalue weighted by atomic mass is 9.88. The van der Waals surface area contributed by atoms with Gasteiger partial charge in [0, 0.05) is 9.58 Å². The van der Waals surface area contributed by atoms with E-state index in [0.29, 0.717) is 0 Å². The summed E-state index contributed by atoms with van der Waals surface area (Å²) >= 11 is 1.95. The van der Waals surface area contributed by atoms with Crippen molar-refractivity contribution < 1.29 is 0 Å². The third-order valence-electron chi connectivity index (χ3n) is 3.57. The molecule has 0 saturated carbocycles. The number of rotatable bonds is 1. The monoisotopic (exact) mass is 231 g/mol. The van der Waals surface area contributed by atoms with E-state index in [1.807, 2.05) is 11.3 Å². The topological polar surface area (TPSA) is 12.0 Å². The SMILES string of the molecule is Cc1sc2ccccc2c1C1CCNCC1. The summed E-state index contributed by atoms with van der Waals surface area (Å²) < 4.78 is 1.45. The van der Waals surface area contributed by atoms with Crippen LogP contribution in [0.2, 0.25) is 0 Å². The van der Waals surface area contributed by atoms with Gasteiger partial charge in [-0.15, -0.1) is 11.3 Å². The summed E-state index contributed by atoms with van der Waals surface area (Å²) in [6, 6.07) is 8.84. The average molecular weight is 231 g/mol. The summed E-state index contributed by atoms with van der Waals surface area (Å²) in [7, 11) is 0. The number of benzene rings is 1. The van der Waals surface area contributed by atoms with Gasteiger partial charge in [-0.2, -0.15) is 0 Å². The van der Waals surface area contributed by atoms with E-state index in [-0.39, 0.29) is 0 Å². The second kappa shape index (κ2) is 4.19. The van der Waals surface area contributed by atoms with Crippen molar-refractivity contribution in [2.24, 2.45) is 0 Å². The van der Waals surface area contributed by atoms with Crippen molar-refractivity contribution in [2.45, 2.75) is 25.7 Å². The molecule has 16 heavy (non-hydrogen) atoms. The summed E-state index contributed by atoms with van der Waals surface area (Å²) in [6.45, 7) is 4.63. The quantitative estimate of drug-likeness (QED) is 0.789. The molecule has 1 nitrogen and oxygen atoms in total. The first-order chi connectivity index (χ1) is 7.86. The molecule has 2 heteroatoms. The van der Waals surface area contributed by atoms with Gasteiger partial charge in [-0.1, -0.05) is 18.2 Å². The van der Waals surface area contributed by atoms with E-state index in [9.17, 15) is 0 Å². The lowest BCUT2D eigenvalue weighted by molar-refractivity contribution is 0.462. The van der Waals surface area contributed by atoms with Crippen molar-refractivity contribution in [3.8, 4) is 0 Å². The highest BCUT2D eigenvalue weighted by Gasteiger charge is 2.20. The summed E-state index contributed by atoms with van der Waals surface area (Å²) in [5.41, 5.74) is 1.63. The average Bonchev–Trinajstić information content (AvgIpc) is 2.66. The maximum atomic E-state index is 3.45. The molecule has 0 aliphatic carbocycles. The van der Waals surface area contributed by atoms with Crippen molar-refractivity contribution in [3.05, 3.63) is 34.7 Å². The summed E-state index contributed by atoms with van der Waals surface area (Å²) in [5.74, 6) is 0.775. The highest BCUT2D eigenvalue weighted by Crippen LogP contribution is 2.38. The van der Waals surface area contributed by atoms with Gasteiger partial charge in [0.2, 0.25) is 0 Å². The Morgan fingerprint density at radius 3 is 2.75 bits per heavy atom. The molecular formula is C14H17NS. The van der Waals surface area contributed by atoms with Crippen LogP contribution < -0.4 is 5.32 Å². The summed E-state index contributed by atoms with van der Waals surface area (Å²) in [4.78, 5) is 1.52. The van der Waals surface area contributed by atoms with Crippen LogP contribution in [-0.2, 0) is 0 Å². The zero-order valence-electron chi connectivity index (χ0n) is 9.62. The fraction of sp³-hybridized carbons (Fsp3) is 0.429. The molecule has 0 bridgehead atoms. The van der Waals surface area contributed by atoms with E-state index < -0.39 is 0 Å². The van der Waals surface area contributed by atoms with Crippen molar-refractivity contribution in [3.63, 3.8) is 0 Å². The Balaban J connectivity index is 2.10. The number of thiophene rings is 1. The molecule has 1 aromatic heterocycles. The number of nitrogens with one attached hydrogen (secondary N) is 1. The zero-order valence-corrected chi connectivity index (χ0v) is 10.4. The van der Waals surface area contributed by atoms with Gasteiger partial charge < -0.3 is 5.32 Å². The van der Waals surface area contributed by atoms with E-state index >= 15 is 0 Å². The molecule has 1 aromatic carbocycles. The van der Waals surface area contributed by atoms with Gasteiger partial charge in [0.25, 0.3) is 0 Å². The van der Waals surface area contributed by atoms with E-state index in [1.54, 1.807) is 5.56 Å². The van der Waals surface area contributed by atoms with Gasteiger partial charge in [0.1, 0.15) is 0 Å². The maximum absolute atomic E-state index is 3.45. The normalized spacial score (nSPS) is 18.1. The Morgan fingerprint density at radius 2 is 1.94 bits per heavy atom. The fourth-order valence-electron chi connectivity index (χ4n) is 2.81. The molecule has 3 rings (SSSR count). The molecule has 2 heterocycles. The smallest absolute Gasteiger partial charge is 0.0348 e. The molecule has 1 aliphatic rings. The molecule has 1 saturated heterocycles. The van der Waals surface area contributed by atoms with Gasteiger partial charge in [0.05, 0.1) is 0 Å². The lowest BCUT2D eigenvalue weighted by Gasteiger charge is -2.23. The van der Waals surface area contributed by atoms with Gasteiger partial charge >= 0.3 is 0 Å². The second-order valence-corrected chi connectivity index (χ2v) is 5.85. The van der Waals surface area contributed by atoms with Crippen molar-refractivity contribution in [2.75, 3.05) is 13.1 Å². The van der Waals surface area contributed by atoms with Crippen LogP contribution in [0, 0.1) is 6.92 Å². The van der Waals surface area contributed by atoms with Crippen molar-refractivity contribution >= 4 is 21.4 Å². The first-order valence-corrected chi connectivity index (χ1v) is 6.86. The summed E-state index contributed by atoms with van der Waals surface area (Å²) in [6.07, 6.45) is 2.59. The van der Waals surface area contributed by atoms with Crippen molar-refractivity contribution in [1.29, 1.82) is 0 Å². The first-order valence-electron chi connectivity index (χ1n) is 6.05. The molecule has 1 N–H and O–H groups in total. The van der Waals surface area contributed by atoms with Crippen LogP contribution in [0.1, 0.15) is 29.2 Å². The molecule has 1 aliphatic heterocycles. The highest BCUT2D eigenvalue weighted by atomic mass is 32.1. The van der Waals surface area contributed by atoms with Gasteiger partial charge in [-0.25, -0.2) is 0 Å². The predicted molar refractivity (Wildman–Crippen MR) is 71.4 cm³/mol. The van der Waals surface area contributed by atoms with E-state index in [0.717, 1.165) is 5.92 Å². The Labute approximate surface area is 100 Å². The van der Waals surface area contributed by atoms with Crippen LogP contribution in [0.4, 0.5) is 0 Å². The van der Waals surface area contributed by atoms with Crippen LogP contribution in [0.25, 0.3) is 10.1 Å². The van der Waals surface area contributed by atoms with Gasteiger partial charge in [-0.3, -0.25) is 0 Å². The van der Waals surface area contributed by atoms with Crippen LogP contribution in [0.3, 0.4) is 0 Å². The Morgan fingerprint density at radius 1 is 1.19 bits per heavy atom. The summed E-state index contributed by atoms with van der Waals surface area (Å²) in [5, 5.41) is 4.94. The maximum Gasteiger partial charge on any atom is 0.0348 e. The third-order valence-corrected chi connectivity index (χ3v) is 4.67. The second-order valence-electron chi connectivity index (χ2n) is 4.59. The number of fused-ring (bicyclic) bond motifs is 1. The number of piperidine rings is 1. The predicted octanol–water partition coefficient (Wildman–Crippen LogP) is 3.68. The minimum atomic E-state index is 0.775. The molecule has 0 unspecified atom stereocenters. The fourth-order valence-corrected chi connectivity index (χ4v) is 3.96. The number of hydrogen-bond donors (Lipinski definition) is 1. The van der Waals surface area contributed by atoms with Gasteiger partial charge in [-0.05, 0) is 55.8 Å². The van der Waals surface area contributed by atoms with E-state index in [1.165, 1.54) is 40.9 Å². The van der Waals surface area contributed by atoms with Crippen LogP contribution in [-0.4, -0.2) is 13.1 Å². The number of aryl methyl sites for hydroxylation is 1. The van der Waals surface area contributed by atoms with E-state index in [2.05, 4.69) is 36.5 Å². The minimum Gasteiger partial charge on any atom is -0.317 e. The van der Waals surface area contributed by atoms with E-state index in [4.69, 9.17) is 0 Å². The van der Waals surface area contributed by atoms with Crippen LogP contribution in [0.15, 0.2) is 24.3 Å². The highest BCUT2D eigenvalue weighted by molar-refractivity contribution is 7.19. The molecule has 0 atom stereocenters. The number of hydrogen-bond acceptors (Lipinski definition) is 2. The molecule has 2 aromatic rings. The molecule has 1 fully saturated rings. The molecule has 0 amide bonds. The molecule has 0 radical (unpaired) electrons. The zero-order chi connectivity index (χ0) is 11.0. The first kappa shape index (κ1) is 10.3. The lowest BCUT2D eigenvalue weighted by Crippen LogP contribution is -2.26.